The number of benzene rings is 1. The Labute approximate surface area is 138 Å². The van der Waals surface area contributed by atoms with Crippen molar-refractivity contribution in [3.63, 3.8) is 0 Å². The van der Waals surface area contributed by atoms with Crippen LogP contribution in [-0.4, -0.2) is 5.97 Å². The van der Waals surface area contributed by atoms with Crippen LogP contribution in [0.4, 0.5) is 5.69 Å². The summed E-state index contributed by atoms with van der Waals surface area (Å²) in [5, 5.41) is 0.910. The second-order valence-corrected chi connectivity index (χ2v) is 5.95. The summed E-state index contributed by atoms with van der Waals surface area (Å²) in [6, 6.07) is 7.63. The molecular weight excluding hydrogens is 290 g/mol. The number of furan rings is 1. The van der Waals surface area contributed by atoms with Crippen molar-refractivity contribution in [2.24, 2.45) is 0 Å². The molecule has 2 rings (SSSR count). The van der Waals surface area contributed by atoms with Gasteiger partial charge in [0, 0.05) is 11.8 Å². The predicted molar refractivity (Wildman–Crippen MR) is 93.2 cm³/mol. The van der Waals surface area contributed by atoms with Crippen molar-refractivity contribution >= 4 is 22.6 Å². The molecule has 2 aromatic rings. The van der Waals surface area contributed by atoms with Crippen LogP contribution in [0.15, 0.2) is 34.9 Å². The van der Waals surface area contributed by atoms with Gasteiger partial charge < -0.3 is 9.25 Å². The topological polar surface area (TPSA) is 51.5 Å². The van der Waals surface area contributed by atoms with Crippen molar-refractivity contribution in [1.29, 1.82) is 0 Å². The highest BCUT2D eigenvalue weighted by atomic mass is 16.7. The highest BCUT2D eigenvalue weighted by Crippen LogP contribution is 2.25. The number of hydrogen-bond donors (Lipinski definition) is 1. The second-order valence-electron chi connectivity index (χ2n) is 5.95. The van der Waals surface area contributed by atoms with E-state index in [2.05, 4.69) is 12.4 Å². The number of nitrogens with one attached hydrogen (secondary N) is 1. The Kier molecular flexibility index (Phi) is 7.50. The Balaban J connectivity index is 1.57. The molecule has 126 valence electrons. The molecule has 0 saturated carbocycles. The molecule has 0 fully saturated rings. The van der Waals surface area contributed by atoms with E-state index in [4.69, 9.17) is 9.25 Å². The Morgan fingerprint density at radius 2 is 1.74 bits per heavy atom. The Morgan fingerprint density at radius 3 is 2.52 bits per heavy atom. The number of para-hydroxylation sites is 1. The Morgan fingerprint density at radius 1 is 1.04 bits per heavy atom. The average Bonchev–Trinajstić information content (AvgIpc) is 2.98. The van der Waals surface area contributed by atoms with Crippen LogP contribution in [0.3, 0.4) is 0 Å². The minimum atomic E-state index is -0.221. The molecule has 0 aliphatic rings. The van der Waals surface area contributed by atoms with E-state index in [0.717, 1.165) is 23.8 Å². The van der Waals surface area contributed by atoms with Crippen molar-refractivity contribution in [1.82, 2.24) is 0 Å². The fraction of sp³-hybridized carbons (Fsp3) is 0.526. The number of anilines is 1. The van der Waals surface area contributed by atoms with Crippen LogP contribution in [0.1, 0.15) is 64.7 Å². The van der Waals surface area contributed by atoms with Crippen molar-refractivity contribution in [3.8, 4) is 0 Å². The molecule has 0 amide bonds. The summed E-state index contributed by atoms with van der Waals surface area (Å²) in [6.45, 7) is 2.23. The van der Waals surface area contributed by atoms with E-state index in [0.29, 0.717) is 12.1 Å². The molecule has 4 heteroatoms. The highest BCUT2D eigenvalue weighted by molar-refractivity contribution is 5.90. The predicted octanol–water partition coefficient (Wildman–Crippen LogP) is 5.83. The first-order chi connectivity index (χ1) is 11.3. The van der Waals surface area contributed by atoms with Crippen LogP contribution < -0.4 is 5.48 Å². The maximum Gasteiger partial charge on any atom is 0.332 e. The van der Waals surface area contributed by atoms with E-state index < -0.39 is 0 Å². The fourth-order valence-corrected chi connectivity index (χ4v) is 2.62. The maximum absolute atomic E-state index is 11.7. The molecule has 0 spiro atoms. The lowest BCUT2D eigenvalue weighted by molar-refractivity contribution is -0.140. The number of carbonyl (C=O) groups is 1. The van der Waals surface area contributed by atoms with Gasteiger partial charge in [-0.15, -0.1) is 0 Å². The van der Waals surface area contributed by atoms with E-state index in [-0.39, 0.29) is 5.97 Å². The quantitative estimate of drug-likeness (QED) is 0.418. The molecule has 1 aromatic carbocycles. The van der Waals surface area contributed by atoms with Gasteiger partial charge in [-0.1, -0.05) is 64.0 Å². The summed E-state index contributed by atoms with van der Waals surface area (Å²) >= 11 is 0. The van der Waals surface area contributed by atoms with Gasteiger partial charge in [-0.05, 0) is 18.6 Å². The summed E-state index contributed by atoms with van der Waals surface area (Å²) in [6.07, 6.45) is 11.7. The lowest BCUT2D eigenvalue weighted by Crippen LogP contribution is -2.09. The lowest BCUT2D eigenvalue weighted by atomic mass is 10.1. The van der Waals surface area contributed by atoms with Crippen molar-refractivity contribution in [3.05, 3.63) is 30.5 Å². The normalized spacial score (nSPS) is 10.8. The van der Waals surface area contributed by atoms with Gasteiger partial charge in [0.2, 0.25) is 0 Å². The van der Waals surface area contributed by atoms with E-state index in [1.165, 1.54) is 38.5 Å². The highest BCUT2D eigenvalue weighted by Gasteiger charge is 2.08. The minimum absolute atomic E-state index is 0.221. The zero-order valence-corrected chi connectivity index (χ0v) is 14.0. The molecule has 1 aromatic heterocycles. The zero-order chi connectivity index (χ0) is 16.3. The molecular formula is C19H27NO3. The van der Waals surface area contributed by atoms with Gasteiger partial charge in [-0.25, -0.2) is 10.3 Å². The summed E-state index contributed by atoms with van der Waals surface area (Å²) in [5.41, 5.74) is 4.16. The van der Waals surface area contributed by atoms with Crippen LogP contribution in [0.2, 0.25) is 0 Å². The first-order valence-electron chi connectivity index (χ1n) is 8.73. The molecule has 4 nitrogen and oxygen atoms in total. The van der Waals surface area contributed by atoms with Gasteiger partial charge in [-0.3, -0.25) is 0 Å². The monoisotopic (exact) mass is 317 g/mol. The second kappa shape index (κ2) is 9.93. The van der Waals surface area contributed by atoms with Crippen LogP contribution in [0.5, 0.6) is 0 Å². The van der Waals surface area contributed by atoms with Crippen LogP contribution in [-0.2, 0) is 9.63 Å². The van der Waals surface area contributed by atoms with Crippen LogP contribution in [0.25, 0.3) is 11.0 Å². The lowest BCUT2D eigenvalue weighted by Gasteiger charge is -2.05. The number of carbonyl (C=O) groups excluding carboxylic acids is 1. The van der Waals surface area contributed by atoms with Crippen molar-refractivity contribution < 1.29 is 14.0 Å². The largest absolute Gasteiger partial charge is 0.462 e. The van der Waals surface area contributed by atoms with Crippen LogP contribution in [0, 0.1) is 0 Å². The SMILES string of the molecule is CCCCCCCCCCC(=O)ONc1coc2ccccc12. The molecule has 1 N–H and O–H groups in total. The van der Waals surface area contributed by atoms with E-state index >= 15 is 0 Å². The molecule has 0 bridgehead atoms. The molecule has 0 unspecified atom stereocenters. The van der Waals surface area contributed by atoms with Gasteiger partial charge in [0.15, 0.2) is 0 Å². The minimum Gasteiger partial charge on any atom is -0.462 e. The van der Waals surface area contributed by atoms with Crippen molar-refractivity contribution in [2.75, 3.05) is 5.48 Å². The maximum atomic E-state index is 11.7. The summed E-state index contributed by atoms with van der Waals surface area (Å²) < 4.78 is 5.38. The fourth-order valence-electron chi connectivity index (χ4n) is 2.62. The van der Waals surface area contributed by atoms with Gasteiger partial charge in [-0.2, -0.15) is 0 Å². The smallest absolute Gasteiger partial charge is 0.332 e. The molecule has 0 atom stereocenters. The van der Waals surface area contributed by atoms with Gasteiger partial charge in [0.1, 0.15) is 17.5 Å². The molecule has 23 heavy (non-hydrogen) atoms. The summed E-state index contributed by atoms with van der Waals surface area (Å²) in [5.74, 6) is -0.221. The molecule has 0 aliphatic heterocycles. The third-order valence-electron chi connectivity index (χ3n) is 3.99. The summed E-state index contributed by atoms with van der Waals surface area (Å²) in [7, 11) is 0. The third-order valence-corrected chi connectivity index (χ3v) is 3.99. The first-order valence-corrected chi connectivity index (χ1v) is 8.73. The molecule has 0 saturated heterocycles. The standard InChI is InChI=1S/C19H27NO3/c1-2-3-4-5-6-7-8-9-14-19(21)23-20-17-15-22-18-13-11-10-12-16(17)18/h10-13,15,20H,2-9,14H2,1H3. The van der Waals surface area contributed by atoms with Crippen LogP contribution >= 0.6 is 0 Å². The molecule has 0 radical (unpaired) electrons. The number of rotatable bonds is 11. The molecule has 1 heterocycles. The first kappa shape index (κ1) is 17.4. The zero-order valence-electron chi connectivity index (χ0n) is 14.0. The Bertz CT molecular complexity index is 591. The van der Waals surface area contributed by atoms with Crippen molar-refractivity contribution in [2.45, 2.75) is 64.7 Å². The van der Waals surface area contributed by atoms with E-state index in [1.54, 1.807) is 6.26 Å². The summed E-state index contributed by atoms with van der Waals surface area (Å²) in [4.78, 5) is 16.8. The van der Waals surface area contributed by atoms with Gasteiger partial charge in [0.05, 0.1) is 0 Å². The van der Waals surface area contributed by atoms with E-state index in [1.807, 2.05) is 24.3 Å². The number of fused-ring (bicyclic) bond motifs is 1. The number of hydrogen-bond acceptors (Lipinski definition) is 4. The molecule has 0 aliphatic carbocycles. The number of unbranched alkanes of at least 4 members (excludes halogenated alkanes) is 7. The van der Waals surface area contributed by atoms with E-state index in [9.17, 15) is 4.79 Å². The Hall–Kier alpha value is -1.97. The average molecular weight is 317 g/mol. The van der Waals surface area contributed by atoms with Gasteiger partial charge >= 0.3 is 5.97 Å². The van der Waals surface area contributed by atoms with Gasteiger partial charge in [0.25, 0.3) is 0 Å². The third kappa shape index (κ3) is 5.97.